The Kier molecular flexibility index (Phi) is 4.39. The van der Waals surface area contributed by atoms with E-state index in [9.17, 15) is 17.3 Å². The van der Waals surface area contributed by atoms with Crippen molar-refractivity contribution in [2.45, 2.75) is 13.0 Å². The molecule has 1 aromatic rings. The second kappa shape index (κ2) is 5.40. The lowest BCUT2D eigenvalue weighted by Gasteiger charge is -2.22. The Morgan fingerprint density at radius 2 is 1.94 bits per heavy atom. The van der Waals surface area contributed by atoms with Crippen LogP contribution in [0.15, 0.2) is 18.2 Å². The van der Waals surface area contributed by atoms with Gasteiger partial charge in [0.15, 0.2) is 0 Å². The lowest BCUT2D eigenvalue weighted by atomic mass is 9.79. The van der Waals surface area contributed by atoms with Crippen molar-refractivity contribution in [3.63, 3.8) is 0 Å². The average molecular weight is 251 g/mol. The SMILES string of the molecule is COCC(C)Oc1cc(F)ccc1[B-](F)(F)F. The van der Waals surface area contributed by atoms with Gasteiger partial charge in [0.2, 0.25) is 0 Å². The van der Waals surface area contributed by atoms with Crippen LogP contribution in [0.3, 0.4) is 0 Å². The van der Waals surface area contributed by atoms with Crippen LogP contribution in [0.2, 0.25) is 0 Å². The molecule has 0 aromatic heterocycles. The zero-order valence-corrected chi connectivity index (χ0v) is 9.42. The van der Waals surface area contributed by atoms with Crippen LogP contribution >= 0.6 is 0 Å². The fourth-order valence-electron chi connectivity index (χ4n) is 1.37. The van der Waals surface area contributed by atoms with Crippen molar-refractivity contribution in [1.29, 1.82) is 0 Å². The molecule has 0 amide bonds. The smallest absolute Gasteiger partial charge is 0.491 e. The van der Waals surface area contributed by atoms with Crippen molar-refractivity contribution in [1.82, 2.24) is 0 Å². The predicted octanol–water partition coefficient (Wildman–Crippen LogP) is 2.29. The Labute approximate surface area is 96.6 Å². The van der Waals surface area contributed by atoms with E-state index < -0.39 is 30.1 Å². The summed E-state index contributed by atoms with van der Waals surface area (Å²) in [5, 5.41) is 0. The molecule has 2 nitrogen and oxygen atoms in total. The highest BCUT2D eigenvalue weighted by Gasteiger charge is 2.30. The number of methoxy groups -OCH3 is 1. The third-order valence-corrected chi connectivity index (χ3v) is 2.06. The fourth-order valence-corrected chi connectivity index (χ4v) is 1.37. The predicted molar refractivity (Wildman–Crippen MR) is 57.1 cm³/mol. The largest absolute Gasteiger partial charge is 0.513 e. The molecule has 1 aromatic carbocycles. The van der Waals surface area contributed by atoms with E-state index in [1.807, 2.05) is 0 Å². The molecule has 0 aliphatic carbocycles. The zero-order chi connectivity index (χ0) is 13.1. The van der Waals surface area contributed by atoms with Gasteiger partial charge in [0.05, 0.1) is 12.4 Å². The van der Waals surface area contributed by atoms with Gasteiger partial charge in [-0.1, -0.05) is 11.5 Å². The zero-order valence-electron chi connectivity index (χ0n) is 9.42. The molecule has 0 radical (unpaired) electrons. The molecule has 0 saturated carbocycles. The summed E-state index contributed by atoms with van der Waals surface area (Å²) in [7, 11) is 1.40. The van der Waals surface area contributed by atoms with Crippen LogP contribution in [-0.2, 0) is 4.74 Å². The van der Waals surface area contributed by atoms with E-state index in [1.54, 1.807) is 6.92 Å². The molecule has 0 aliphatic rings. The Balaban J connectivity index is 2.99. The molecule has 0 saturated heterocycles. The van der Waals surface area contributed by atoms with Crippen LogP contribution in [0.5, 0.6) is 5.75 Å². The first-order chi connectivity index (χ1) is 7.84. The van der Waals surface area contributed by atoms with Gasteiger partial charge in [0, 0.05) is 13.2 Å². The van der Waals surface area contributed by atoms with Crippen molar-refractivity contribution < 1.29 is 26.8 Å². The van der Waals surface area contributed by atoms with E-state index in [1.165, 1.54) is 7.11 Å². The minimum Gasteiger partial charge on any atom is -0.491 e. The van der Waals surface area contributed by atoms with Gasteiger partial charge in [-0.05, 0) is 13.0 Å². The van der Waals surface area contributed by atoms with Crippen LogP contribution in [0.1, 0.15) is 6.92 Å². The summed E-state index contributed by atoms with van der Waals surface area (Å²) in [4.78, 5) is 0. The van der Waals surface area contributed by atoms with Crippen LogP contribution in [0.25, 0.3) is 0 Å². The maximum Gasteiger partial charge on any atom is 0.513 e. The van der Waals surface area contributed by atoms with Gasteiger partial charge in [0.25, 0.3) is 0 Å². The number of hydrogen-bond acceptors (Lipinski definition) is 2. The molecule has 7 heteroatoms. The number of hydrogen-bond donors (Lipinski definition) is 0. The van der Waals surface area contributed by atoms with Crippen molar-refractivity contribution in [2.75, 3.05) is 13.7 Å². The van der Waals surface area contributed by atoms with Crippen LogP contribution in [0, 0.1) is 5.82 Å². The molecule has 1 unspecified atom stereocenters. The summed E-state index contributed by atoms with van der Waals surface area (Å²) < 4.78 is 60.6. The summed E-state index contributed by atoms with van der Waals surface area (Å²) in [5.41, 5.74) is -0.936. The van der Waals surface area contributed by atoms with Gasteiger partial charge in [-0.3, -0.25) is 0 Å². The number of benzene rings is 1. The highest BCUT2D eigenvalue weighted by molar-refractivity contribution is 6.74. The lowest BCUT2D eigenvalue weighted by Crippen LogP contribution is -2.36. The second-order valence-corrected chi connectivity index (χ2v) is 3.64. The molecule has 1 atom stereocenters. The van der Waals surface area contributed by atoms with Crippen molar-refractivity contribution in [2.24, 2.45) is 0 Å². The van der Waals surface area contributed by atoms with Gasteiger partial charge < -0.3 is 22.4 Å². The Morgan fingerprint density at radius 3 is 2.47 bits per heavy atom. The van der Waals surface area contributed by atoms with E-state index in [0.29, 0.717) is 6.07 Å². The molecule has 17 heavy (non-hydrogen) atoms. The van der Waals surface area contributed by atoms with Crippen LogP contribution in [0.4, 0.5) is 17.3 Å². The standard InChI is InChI=1S/C10H12BF4O2/c1-7(6-16-2)17-10-5-8(12)3-4-9(10)11(13,14)15/h3-5,7H,6H2,1-2H3/q-1. The number of halogens is 4. The molecule has 1 rings (SSSR count). The summed E-state index contributed by atoms with van der Waals surface area (Å²) in [6, 6.07) is 2.18. The summed E-state index contributed by atoms with van der Waals surface area (Å²) in [5.74, 6) is -1.27. The molecule has 0 N–H and O–H groups in total. The van der Waals surface area contributed by atoms with Gasteiger partial charge in [-0.15, -0.1) is 0 Å². The lowest BCUT2D eigenvalue weighted by molar-refractivity contribution is 0.0923. The molecular weight excluding hydrogens is 239 g/mol. The molecule has 0 bridgehead atoms. The highest BCUT2D eigenvalue weighted by atomic mass is 19.4. The van der Waals surface area contributed by atoms with Crippen molar-refractivity contribution in [3.8, 4) is 5.75 Å². The van der Waals surface area contributed by atoms with Gasteiger partial charge >= 0.3 is 6.98 Å². The van der Waals surface area contributed by atoms with Crippen LogP contribution in [-0.4, -0.2) is 26.8 Å². The van der Waals surface area contributed by atoms with E-state index in [2.05, 4.69) is 0 Å². The van der Waals surface area contributed by atoms with E-state index in [4.69, 9.17) is 9.47 Å². The topological polar surface area (TPSA) is 18.5 Å². The second-order valence-electron chi connectivity index (χ2n) is 3.64. The Bertz CT molecular complexity index is 381. The molecule has 96 valence electrons. The van der Waals surface area contributed by atoms with Crippen molar-refractivity contribution in [3.05, 3.63) is 24.0 Å². The normalized spacial score (nSPS) is 13.5. The highest BCUT2D eigenvalue weighted by Crippen LogP contribution is 2.20. The maximum absolute atomic E-state index is 12.9. The third-order valence-electron chi connectivity index (χ3n) is 2.06. The van der Waals surface area contributed by atoms with Gasteiger partial charge in [0.1, 0.15) is 11.9 Å². The molecular formula is C10H12BF4O2-. The van der Waals surface area contributed by atoms with E-state index in [-0.39, 0.29) is 6.61 Å². The first-order valence-electron chi connectivity index (χ1n) is 4.99. The third kappa shape index (κ3) is 3.92. The average Bonchev–Trinajstić information content (AvgIpc) is 2.15. The quantitative estimate of drug-likeness (QED) is 0.590. The van der Waals surface area contributed by atoms with Gasteiger partial charge in [-0.25, -0.2) is 4.39 Å². The molecule has 0 fully saturated rings. The molecule has 0 aliphatic heterocycles. The van der Waals surface area contributed by atoms with Gasteiger partial charge in [-0.2, -0.15) is 0 Å². The molecule has 0 heterocycles. The number of ether oxygens (including phenoxy) is 2. The first kappa shape index (κ1) is 13.8. The summed E-state index contributed by atoms with van der Waals surface area (Å²) in [6.07, 6.45) is -0.585. The fraction of sp³-hybridized carbons (Fsp3) is 0.400. The summed E-state index contributed by atoms with van der Waals surface area (Å²) in [6.45, 7) is -3.56. The first-order valence-corrected chi connectivity index (χ1v) is 4.99. The van der Waals surface area contributed by atoms with Crippen LogP contribution < -0.4 is 10.2 Å². The Morgan fingerprint density at radius 1 is 1.29 bits per heavy atom. The minimum absolute atomic E-state index is 0.126. The van der Waals surface area contributed by atoms with Crippen molar-refractivity contribution >= 4 is 12.4 Å². The van der Waals surface area contributed by atoms with E-state index in [0.717, 1.165) is 12.1 Å². The monoisotopic (exact) mass is 251 g/mol. The number of rotatable bonds is 5. The minimum atomic E-state index is -5.23. The molecule has 0 spiro atoms. The Hall–Kier alpha value is -1.24. The maximum atomic E-state index is 12.9. The van der Waals surface area contributed by atoms with E-state index >= 15 is 0 Å². The summed E-state index contributed by atoms with van der Waals surface area (Å²) >= 11 is 0.